The summed E-state index contributed by atoms with van der Waals surface area (Å²) in [6.45, 7) is 0. The van der Waals surface area contributed by atoms with Crippen LogP contribution in [0.1, 0.15) is 0 Å². The number of hydrogen-bond donors (Lipinski definition) is 2. The smallest absolute Gasteiger partial charge is 0.166 e. The molecular weight excluding hydrogens is 260 g/mol. The molecule has 0 aliphatic carbocycles. The van der Waals surface area contributed by atoms with Gasteiger partial charge in [-0.3, -0.25) is 0 Å². The van der Waals surface area contributed by atoms with Crippen molar-refractivity contribution in [3.8, 4) is 5.75 Å². The number of nitrogens with one attached hydrogen (secondary N) is 1. The minimum Gasteiger partial charge on any atom is -0.497 e. The van der Waals surface area contributed by atoms with E-state index in [-0.39, 0.29) is 5.88 Å². The van der Waals surface area contributed by atoms with E-state index in [1.54, 1.807) is 7.11 Å². The van der Waals surface area contributed by atoms with Crippen LogP contribution in [0.4, 0.5) is 0 Å². The number of aromatic nitrogens is 2. The third-order valence-corrected chi connectivity index (χ3v) is 3.63. The zero-order valence-electron chi connectivity index (χ0n) is 9.31. The monoisotopic (exact) mass is 272 g/mol. The molecule has 1 atom stereocenters. The van der Waals surface area contributed by atoms with Gasteiger partial charge in [0.2, 0.25) is 0 Å². The van der Waals surface area contributed by atoms with E-state index in [9.17, 15) is 5.11 Å². The molecule has 0 radical (unpaired) electrons. The molecule has 0 aliphatic heterocycles. The quantitative estimate of drug-likeness (QED) is 0.648. The minimum absolute atomic E-state index is 0.237. The molecule has 1 unspecified atom stereocenters. The summed E-state index contributed by atoms with van der Waals surface area (Å²) in [5.41, 5.74) is 1.81. The van der Waals surface area contributed by atoms with Crippen LogP contribution in [0.2, 0.25) is 0 Å². The largest absolute Gasteiger partial charge is 0.497 e. The lowest BCUT2D eigenvalue weighted by Gasteiger charge is -2.02. The minimum atomic E-state index is -0.510. The van der Waals surface area contributed by atoms with Crippen molar-refractivity contribution in [3.63, 3.8) is 0 Å². The van der Waals surface area contributed by atoms with Crippen molar-refractivity contribution in [3.05, 3.63) is 18.2 Å². The van der Waals surface area contributed by atoms with E-state index in [4.69, 9.17) is 16.3 Å². The summed E-state index contributed by atoms with van der Waals surface area (Å²) < 4.78 is 5.14. The third-order valence-electron chi connectivity index (χ3n) is 2.26. The van der Waals surface area contributed by atoms with Gasteiger partial charge in [-0.2, -0.15) is 0 Å². The van der Waals surface area contributed by atoms with Crippen molar-refractivity contribution >= 4 is 34.4 Å². The van der Waals surface area contributed by atoms with Crippen molar-refractivity contribution in [1.82, 2.24) is 9.97 Å². The summed E-state index contributed by atoms with van der Waals surface area (Å²) >= 11 is 6.98. The first-order valence-electron chi connectivity index (χ1n) is 5.13. The molecule has 1 aromatic heterocycles. The molecule has 1 aromatic carbocycles. The first kappa shape index (κ1) is 12.5. The van der Waals surface area contributed by atoms with Crippen LogP contribution in [-0.2, 0) is 0 Å². The highest BCUT2D eigenvalue weighted by Gasteiger charge is 2.07. The molecule has 0 saturated heterocycles. The van der Waals surface area contributed by atoms with Crippen LogP contribution in [-0.4, -0.2) is 39.9 Å². The summed E-state index contributed by atoms with van der Waals surface area (Å²) in [7, 11) is 1.63. The Kier molecular flexibility index (Phi) is 4.15. The highest BCUT2D eigenvalue weighted by Crippen LogP contribution is 2.23. The lowest BCUT2D eigenvalue weighted by Crippen LogP contribution is -2.11. The summed E-state index contributed by atoms with van der Waals surface area (Å²) in [5, 5.41) is 10.1. The molecular formula is C11H13ClN2O2S. The van der Waals surface area contributed by atoms with E-state index in [0.717, 1.165) is 21.9 Å². The molecule has 6 heteroatoms. The number of aliphatic hydroxyl groups is 1. The number of imidazole rings is 1. The zero-order valence-corrected chi connectivity index (χ0v) is 10.9. The molecule has 0 fully saturated rings. The average Bonchev–Trinajstić information content (AvgIpc) is 2.77. The Hall–Kier alpha value is -0.910. The number of alkyl halides is 1. The molecule has 0 spiro atoms. The molecule has 2 aromatic rings. The summed E-state index contributed by atoms with van der Waals surface area (Å²) in [5.74, 6) is 1.56. The number of nitrogens with zero attached hydrogens (tertiary/aromatic N) is 1. The van der Waals surface area contributed by atoms with Gasteiger partial charge in [0.05, 0.1) is 24.2 Å². The fourth-order valence-electron chi connectivity index (χ4n) is 1.38. The Morgan fingerprint density at radius 3 is 3.12 bits per heavy atom. The summed E-state index contributed by atoms with van der Waals surface area (Å²) in [6.07, 6.45) is -0.510. The van der Waals surface area contributed by atoms with Gasteiger partial charge < -0.3 is 14.8 Å². The second kappa shape index (κ2) is 5.62. The topological polar surface area (TPSA) is 58.1 Å². The molecule has 0 bridgehead atoms. The molecule has 0 saturated carbocycles. The van der Waals surface area contributed by atoms with Gasteiger partial charge in [-0.15, -0.1) is 11.6 Å². The maximum atomic E-state index is 9.36. The highest BCUT2D eigenvalue weighted by atomic mass is 35.5. The second-order valence-electron chi connectivity index (χ2n) is 3.54. The van der Waals surface area contributed by atoms with Gasteiger partial charge in [0.1, 0.15) is 5.75 Å². The van der Waals surface area contributed by atoms with E-state index in [0.29, 0.717) is 5.75 Å². The molecule has 17 heavy (non-hydrogen) atoms. The maximum Gasteiger partial charge on any atom is 0.166 e. The predicted octanol–water partition coefficient (Wildman–Crippen LogP) is 2.26. The average molecular weight is 273 g/mol. The lowest BCUT2D eigenvalue weighted by atomic mass is 10.3. The number of thioether (sulfide) groups is 1. The van der Waals surface area contributed by atoms with E-state index < -0.39 is 6.10 Å². The first-order valence-corrected chi connectivity index (χ1v) is 6.65. The third kappa shape index (κ3) is 3.06. The van der Waals surface area contributed by atoms with Crippen molar-refractivity contribution < 1.29 is 9.84 Å². The Labute approximate surface area is 108 Å². The molecule has 2 rings (SSSR count). The van der Waals surface area contributed by atoms with E-state index in [1.807, 2.05) is 18.2 Å². The standard InChI is InChI=1S/C11H13ClN2O2S/c1-16-8-2-3-9-10(4-8)14-11(13-9)17-6-7(15)5-12/h2-4,7,15H,5-6H2,1H3,(H,13,14). The molecule has 0 aliphatic rings. The number of aliphatic hydroxyl groups excluding tert-OH is 1. The van der Waals surface area contributed by atoms with E-state index in [2.05, 4.69) is 9.97 Å². The SMILES string of the molecule is COc1ccc2nc(SCC(O)CCl)[nH]c2c1. The maximum absolute atomic E-state index is 9.36. The summed E-state index contributed by atoms with van der Waals surface area (Å²) in [4.78, 5) is 7.56. The highest BCUT2D eigenvalue weighted by molar-refractivity contribution is 7.99. The van der Waals surface area contributed by atoms with Crippen molar-refractivity contribution in [2.45, 2.75) is 11.3 Å². The number of aromatic amines is 1. The Morgan fingerprint density at radius 1 is 1.59 bits per heavy atom. The molecule has 92 valence electrons. The number of rotatable bonds is 5. The van der Waals surface area contributed by atoms with Crippen molar-refractivity contribution in [2.24, 2.45) is 0 Å². The molecule has 1 heterocycles. The predicted molar refractivity (Wildman–Crippen MR) is 70.1 cm³/mol. The van der Waals surface area contributed by atoms with Crippen LogP contribution in [0.15, 0.2) is 23.4 Å². The van der Waals surface area contributed by atoms with Crippen LogP contribution in [0, 0.1) is 0 Å². The lowest BCUT2D eigenvalue weighted by molar-refractivity contribution is 0.223. The zero-order chi connectivity index (χ0) is 12.3. The van der Waals surface area contributed by atoms with Gasteiger partial charge in [-0.05, 0) is 12.1 Å². The van der Waals surface area contributed by atoms with Gasteiger partial charge in [0.25, 0.3) is 0 Å². The second-order valence-corrected chi connectivity index (χ2v) is 4.86. The van der Waals surface area contributed by atoms with Crippen molar-refractivity contribution in [2.75, 3.05) is 18.7 Å². The number of methoxy groups -OCH3 is 1. The van der Waals surface area contributed by atoms with Crippen LogP contribution < -0.4 is 4.74 Å². The number of ether oxygens (including phenoxy) is 1. The van der Waals surface area contributed by atoms with Crippen LogP contribution in [0.25, 0.3) is 11.0 Å². The van der Waals surface area contributed by atoms with E-state index >= 15 is 0 Å². The summed E-state index contributed by atoms with van der Waals surface area (Å²) in [6, 6.07) is 5.66. The number of H-pyrrole nitrogens is 1. The van der Waals surface area contributed by atoms with Gasteiger partial charge in [-0.1, -0.05) is 11.8 Å². The Morgan fingerprint density at radius 2 is 2.41 bits per heavy atom. The van der Waals surface area contributed by atoms with E-state index in [1.165, 1.54) is 11.8 Å². The van der Waals surface area contributed by atoms with Crippen LogP contribution >= 0.6 is 23.4 Å². The first-order chi connectivity index (χ1) is 8.22. The van der Waals surface area contributed by atoms with Gasteiger partial charge >= 0.3 is 0 Å². The molecule has 0 amide bonds. The number of hydrogen-bond acceptors (Lipinski definition) is 4. The van der Waals surface area contributed by atoms with Crippen LogP contribution in [0.5, 0.6) is 5.75 Å². The normalized spacial score (nSPS) is 12.9. The van der Waals surface area contributed by atoms with Gasteiger partial charge in [-0.25, -0.2) is 4.98 Å². The Balaban J connectivity index is 2.14. The fraction of sp³-hybridized carbons (Fsp3) is 0.364. The van der Waals surface area contributed by atoms with Crippen LogP contribution in [0.3, 0.4) is 0 Å². The van der Waals surface area contributed by atoms with Gasteiger partial charge in [0.15, 0.2) is 5.16 Å². The van der Waals surface area contributed by atoms with Crippen molar-refractivity contribution in [1.29, 1.82) is 0 Å². The van der Waals surface area contributed by atoms with Gasteiger partial charge in [0, 0.05) is 17.7 Å². The molecule has 4 nitrogen and oxygen atoms in total. The Bertz CT molecular complexity index is 503. The number of halogens is 1. The number of fused-ring (bicyclic) bond motifs is 1. The molecule has 2 N–H and O–H groups in total. The fourth-order valence-corrected chi connectivity index (χ4v) is 2.43. The number of benzene rings is 1.